The van der Waals surface area contributed by atoms with Crippen LogP contribution in [0.1, 0.15) is 30.5 Å². The van der Waals surface area contributed by atoms with Gasteiger partial charge in [0.2, 0.25) is 6.10 Å². The van der Waals surface area contributed by atoms with Gasteiger partial charge in [-0.05, 0) is 30.2 Å². The predicted octanol–water partition coefficient (Wildman–Crippen LogP) is 3.20. The normalized spacial score (nSPS) is 18.0. The van der Waals surface area contributed by atoms with Crippen LogP contribution in [-0.2, 0) is 9.63 Å². The number of benzene rings is 2. The van der Waals surface area contributed by atoms with Crippen LogP contribution < -0.4 is 5.32 Å². The minimum absolute atomic E-state index is 0.109. The summed E-state index contributed by atoms with van der Waals surface area (Å²) in [6.07, 6.45) is -0.278. The summed E-state index contributed by atoms with van der Waals surface area (Å²) in [6.45, 7) is 1.92. The van der Waals surface area contributed by atoms with Gasteiger partial charge in [-0.2, -0.15) is 0 Å². The van der Waals surface area contributed by atoms with Crippen LogP contribution in [0.15, 0.2) is 59.8 Å². The van der Waals surface area contributed by atoms with Gasteiger partial charge in [-0.25, -0.2) is 4.39 Å². The summed E-state index contributed by atoms with van der Waals surface area (Å²) in [5.74, 6) is -0.513. The van der Waals surface area contributed by atoms with Crippen molar-refractivity contribution in [3.05, 3.63) is 71.5 Å². The molecular formula is C18H17FN2O2. The first-order chi connectivity index (χ1) is 11.1. The summed E-state index contributed by atoms with van der Waals surface area (Å²) in [4.78, 5) is 17.5. The maximum atomic E-state index is 12.9. The van der Waals surface area contributed by atoms with E-state index in [1.165, 1.54) is 12.1 Å². The van der Waals surface area contributed by atoms with E-state index in [1.807, 2.05) is 37.3 Å². The first kappa shape index (κ1) is 15.2. The molecule has 1 N–H and O–H groups in total. The molecule has 0 spiro atoms. The van der Waals surface area contributed by atoms with Gasteiger partial charge in [0.15, 0.2) is 0 Å². The van der Waals surface area contributed by atoms with E-state index in [0.717, 1.165) is 11.1 Å². The largest absolute Gasteiger partial charge is 0.382 e. The third-order valence-electron chi connectivity index (χ3n) is 3.80. The first-order valence-electron chi connectivity index (χ1n) is 7.47. The third-order valence-corrected chi connectivity index (χ3v) is 3.80. The molecule has 23 heavy (non-hydrogen) atoms. The lowest BCUT2D eigenvalue weighted by molar-refractivity contribution is -0.131. The summed E-state index contributed by atoms with van der Waals surface area (Å²) >= 11 is 0. The molecule has 2 atom stereocenters. The molecule has 0 fully saturated rings. The van der Waals surface area contributed by atoms with Gasteiger partial charge in [0.25, 0.3) is 5.91 Å². The van der Waals surface area contributed by atoms with Gasteiger partial charge in [0.05, 0.1) is 11.8 Å². The number of nitrogens with zero attached hydrogens (tertiary/aromatic N) is 1. The van der Waals surface area contributed by atoms with Crippen molar-refractivity contribution in [3.63, 3.8) is 0 Å². The molecule has 2 unspecified atom stereocenters. The Balaban J connectivity index is 1.59. The van der Waals surface area contributed by atoms with Crippen LogP contribution in [0, 0.1) is 5.82 Å². The standard InChI is InChI=1S/C18H17FN2O2/c1-12(13-5-3-2-4-6-13)20-18(22)17-11-16(21-23-17)14-7-9-15(19)10-8-14/h2-10,12,17H,11H2,1H3,(H,20,22). The number of oxime groups is 1. The van der Waals surface area contributed by atoms with E-state index < -0.39 is 6.10 Å². The zero-order chi connectivity index (χ0) is 16.2. The number of carbonyl (C=O) groups excluding carboxylic acids is 1. The Morgan fingerprint density at radius 1 is 1.22 bits per heavy atom. The number of halogens is 1. The average molecular weight is 312 g/mol. The fourth-order valence-electron chi connectivity index (χ4n) is 2.46. The van der Waals surface area contributed by atoms with Crippen molar-refractivity contribution < 1.29 is 14.0 Å². The van der Waals surface area contributed by atoms with Gasteiger partial charge >= 0.3 is 0 Å². The first-order valence-corrected chi connectivity index (χ1v) is 7.47. The topological polar surface area (TPSA) is 50.7 Å². The molecule has 5 heteroatoms. The van der Waals surface area contributed by atoms with Crippen molar-refractivity contribution >= 4 is 11.6 Å². The van der Waals surface area contributed by atoms with Crippen LogP contribution in [0.25, 0.3) is 0 Å². The summed E-state index contributed by atoms with van der Waals surface area (Å²) in [7, 11) is 0. The minimum atomic E-state index is -0.652. The van der Waals surface area contributed by atoms with Crippen molar-refractivity contribution in [2.45, 2.75) is 25.5 Å². The maximum Gasteiger partial charge on any atom is 0.264 e. The summed E-state index contributed by atoms with van der Waals surface area (Å²) in [5.41, 5.74) is 2.44. The molecule has 1 heterocycles. The van der Waals surface area contributed by atoms with Crippen molar-refractivity contribution in [3.8, 4) is 0 Å². The molecule has 0 bridgehead atoms. The molecule has 2 aromatic carbocycles. The van der Waals surface area contributed by atoms with Crippen LogP contribution in [0.2, 0.25) is 0 Å². The molecule has 118 valence electrons. The Kier molecular flexibility index (Phi) is 4.37. The van der Waals surface area contributed by atoms with E-state index in [4.69, 9.17) is 4.84 Å². The van der Waals surface area contributed by atoms with Crippen LogP contribution in [-0.4, -0.2) is 17.7 Å². The van der Waals surface area contributed by atoms with Gasteiger partial charge in [-0.1, -0.05) is 47.6 Å². The van der Waals surface area contributed by atoms with E-state index in [0.29, 0.717) is 12.1 Å². The SMILES string of the molecule is CC(NC(=O)C1CC(c2ccc(F)cc2)=NO1)c1ccccc1. The van der Waals surface area contributed by atoms with Crippen molar-refractivity contribution in [2.24, 2.45) is 5.16 Å². The molecule has 4 nitrogen and oxygen atoms in total. The lowest BCUT2D eigenvalue weighted by Gasteiger charge is -2.16. The summed E-state index contributed by atoms with van der Waals surface area (Å²) < 4.78 is 12.9. The van der Waals surface area contributed by atoms with Crippen LogP contribution in [0.4, 0.5) is 4.39 Å². The van der Waals surface area contributed by atoms with Gasteiger partial charge < -0.3 is 10.2 Å². The van der Waals surface area contributed by atoms with Crippen molar-refractivity contribution in [1.29, 1.82) is 0 Å². The van der Waals surface area contributed by atoms with Crippen LogP contribution in [0.5, 0.6) is 0 Å². The Morgan fingerprint density at radius 2 is 1.91 bits per heavy atom. The second-order valence-electron chi connectivity index (χ2n) is 5.48. The molecule has 1 aliphatic heterocycles. The average Bonchev–Trinajstić information content (AvgIpc) is 3.06. The van der Waals surface area contributed by atoms with Crippen molar-refractivity contribution in [1.82, 2.24) is 5.32 Å². The van der Waals surface area contributed by atoms with Crippen LogP contribution >= 0.6 is 0 Å². The Labute approximate surface area is 134 Å². The smallest absolute Gasteiger partial charge is 0.264 e. The highest BCUT2D eigenvalue weighted by molar-refractivity contribution is 6.04. The Bertz CT molecular complexity index is 714. The van der Waals surface area contributed by atoms with Crippen LogP contribution in [0.3, 0.4) is 0 Å². The zero-order valence-corrected chi connectivity index (χ0v) is 12.7. The minimum Gasteiger partial charge on any atom is -0.382 e. The molecule has 1 aliphatic rings. The highest BCUT2D eigenvalue weighted by Gasteiger charge is 2.29. The summed E-state index contributed by atoms with van der Waals surface area (Å²) in [5, 5.41) is 6.87. The van der Waals surface area contributed by atoms with E-state index in [1.54, 1.807) is 12.1 Å². The monoisotopic (exact) mass is 312 g/mol. The molecule has 0 aliphatic carbocycles. The molecular weight excluding hydrogens is 295 g/mol. The van der Waals surface area contributed by atoms with E-state index in [9.17, 15) is 9.18 Å². The fourth-order valence-corrected chi connectivity index (χ4v) is 2.46. The van der Waals surface area contributed by atoms with Gasteiger partial charge in [-0.15, -0.1) is 0 Å². The number of hydrogen-bond acceptors (Lipinski definition) is 3. The van der Waals surface area contributed by atoms with Gasteiger partial charge in [0.1, 0.15) is 5.82 Å². The lowest BCUT2D eigenvalue weighted by atomic mass is 10.0. The molecule has 0 radical (unpaired) electrons. The number of rotatable bonds is 4. The second-order valence-corrected chi connectivity index (χ2v) is 5.48. The Hall–Kier alpha value is -2.69. The molecule has 2 aromatic rings. The zero-order valence-electron chi connectivity index (χ0n) is 12.7. The molecule has 0 saturated heterocycles. The summed E-state index contributed by atoms with van der Waals surface area (Å²) in [6, 6.07) is 15.6. The molecule has 0 saturated carbocycles. The van der Waals surface area contributed by atoms with Gasteiger partial charge in [0, 0.05) is 6.42 Å². The molecule has 1 amide bonds. The van der Waals surface area contributed by atoms with Gasteiger partial charge in [-0.3, -0.25) is 4.79 Å². The van der Waals surface area contributed by atoms with E-state index in [2.05, 4.69) is 10.5 Å². The second kappa shape index (κ2) is 6.60. The highest BCUT2D eigenvalue weighted by atomic mass is 19.1. The fraction of sp³-hybridized carbons (Fsp3) is 0.222. The van der Waals surface area contributed by atoms with E-state index >= 15 is 0 Å². The number of amides is 1. The number of carbonyl (C=O) groups is 1. The maximum absolute atomic E-state index is 12.9. The number of nitrogens with one attached hydrogen (secondary N) is 1. The quantitative estimate of drug-likeness (QED) is 0.942. The third kappa shape index (κ3) is 3.56. The Morgan fingerprint density at radius 3 is 2.61 bits per heavy atom. The van der Waals surface area contributed by atoms with E-state index in [-0.39, 0.29) is 17.8 Å². The lowest BCUT2D eigenvalue weighted by Crippen LogP contribution is -2.36. The van der Waals surface area contributed by atoms with Crippen molar-refractivity contribution in [2.75, 3.05) is 0 Å². The molecule has 0 aromatic heterocycles. The molecule has 3 rings (SSSR count). The number of hydrogen-bond donors (Lipinski definition) is 1. The predicted molar refractivity (Wildman–Crippen MR) is 85.4 cm³/mol. The highest BCUT2D eigenvalue weighted by Crippen LogP contribution is 2.19.